The summed E-state index contributed by atoms with van der Waals surface area (Å²) in [5.74, 6) is -3.58. The van der Waals surface area contributed by atoms with Crippen LogP contribution in [0.15, 0.2) is 36.4 Å². The summed E-state index contributed by atoms with van der Waals surface area (Å²) in [4.78, 5) is 11.9. The number of halogens is 2. The number of ether oxygens (including phenoxy) is 1. The number of carbonyl (C=O) groups excluding carboxylic acids is 1. The Morgan fingerprint density at radius 1 is 1.17 bits per heavy atom. The van der Waals surface area contributed by atoms with Crippen molar-refractivity contribution in [2.75, 3.05) is 6.61 Å². The molecule has 4 nitrogen and oxygen atoms in total. The zero-order valence-electron chi connectivity index (χ0n) is 12.6. The lowest BCUT2D eigenvalue weighted by molar-refractivity contribution is 0.0943. The molecule has 2 aromatic rings. The van der Waals surface area contributed by atoms with Gasteiger partial charge < -0.3 is 15.2 Å². The van der Waals surface area contributed by atoms with Crippen LogP contribution in [0.2, 0.25) is 0 Å². The van der Waals surface area contributed by atoms with Crippen LogP contribution in [0.25, 0.3) is 0 Å². The Labute approximate surface area is 132 Å². The van der Waals surface area contributed by atoms with Crippen LogP contribution < -0.4 is 5.32 Å². The Bertz CT molecular complexity index is 664. The summed E-state index contributed by atoms with van der Waals surface area (Å²) < 4.78 is 31.8. The average Bonchev–Trinajstić information content (AvgIpc) is 2.51. The van der Waals surface area contributed by atoms with E-state index in [-0.39, 0.29) is 6.54 Å². The molecular weight excluding hydrogens is 304 g/mol. The van der Waals surface area contributed by atoms with E-state index in [0.29, 0.717) is 25.3 Å². The molecule has 1 amide bonds. The first kappa shape index (κ1) is 16.9. The van der Waals surface area contributed by atoms with E-state index in [1.165, 1.54) is 0 Å². The van der Waals surface area contributed by atoms with Crippen molar-refractivity contribution in [1.29, 1.82) is 0 Å². The molecule has 0 saturated carbocycles. The summed E-state index contributed by atoms with van der Waals surface area (Å²) in [6.07, 6.45) is 0. The molecule has 0 heterocycles. The zero-order chi connectivity index (χ0) is 16.8. The standard InChI is InChI=1S/C17H17F2NO3/c1-2-23-10-12-5-3-11(4-6-12)9-20-17(22)16-14(19)7-13(18)8-15(16)21/h3-8,21H,2,9-10H2,1H3,(H,20,22). The molecule has 0 bridgehead atoms. The van der Waals surface area contributed by atoms with Crippen LogP contribution in [0, 0.1) is 11.6 Å². The minimum absolute atomic E-state index is 0.157. The van der Waals surface area contributed by atoms with Crippen LogP contribution in [0.4, 0.5) is 8.78 Å². The maximum absolute atomic E-state index is 13.6. The third-order valence-corrected chi connectivity index (χ3v) is 3.21. The fraction of sp³-hybridized carbons (Fsp3) is 0.235. The second-order valence-corrected chi connectivity index (χ2v) is 4.92. The predicted octanol–water partition coefficient (Wildman–Crippen LogP) is 3.14. The second kappa shape index (κ2) is 7.69. The molecule has 0 aliphatic rings. The molecule has 2 N–H and O–H groups in total. The van der Waals surface area contributed by atoms with Gasteiger partial charge in [0.15, 0.2) is 0 Å². The molecule has 0 fully saturated rings. The maximum Gasteiger partial charge on any atom is 0.258 e. The second-order valence-electron chi connectivity index (χ2n) is 4.92. The Morgan fingerprint density at radius 3 is 2.43 bits per heavy atom. The Hall–Kier alpha value is -2.47. The molecule has 0 radical (unpaired) electrons. The lowest BCUT2D eigenvalue weighted by Crippen LogP contribution is -2.24. The van der Waals surface area contributed by atoms with Gasteiger partial charge in [-0.3, -0.25) is 4.79 Å². The van der Waals surface area contributed by atoms with E-state index < -0.39 is 28.9 Å². The van der Waals surface area contributed by atoms with Crippen molar-refractivity contribution in [1.82, 2.24) is 5.32 Å². The van der Waals surface area contributed by atoms with E-state index in [4.69, 9.17) is 4.74 Å². The van der Waals surface area contributed by atoms with Crippen molar-refractivity contribution in [3.63, 3.8) is 0 Å². The number of phenolic OH excluding ortho intramolecular Hbond substituents is 1. The minimum atomic E-state index is -1.10. The first-order valence-corrected chi connectivity index (χ1v) is 7.13. The largest absolute Gasteiger partial charge is 0.507 e. The number of phenols is 1. The third-order valence-electron chi connectivity index (χ3n) is 3.21. The molecule has 0 atom stereocenters. The highest BCUT2D eigenvalue weighted by molar-refractivity contribution is 5.97. The van der Waals surface area contributed by atoms with E-state index in [1.54, 1.807) is 0 Å². The molecule has 2 rings (SSSR count). The van der Waals surface area contributed by atoms with Gasteiger partial charge in [0, 0.05) is 25.3 Å². The number of nitrogens with one attached hydrogen (secondary N) is 1. The van der Waals surface area contributed by atoms with E-state index in [2.05, 4.69) is 5.32 Å². The predicted molar refractivity (Wildman–Crippen MR) is 81.0 cm³/mol. The number of carbonyl (C=O) groups is 1. The van der Waals surface area contributed by atoms with Gasteiger partial charge in [-0.2, -0.15) is 0 Å². The van der Waals surface area contributed by atoms with Gasteiger partial charge in [0.05, 0.1) is 6.61 Å². The van der Waals surface area contributed by atoms with Gasteiger partial charge >= 0.3 is 0 Å². The molecule has 0 aromatic heterocycles. The van der Waals surface area contributed by atoms with Gasteiger partial charge in [-0.1, -0.05) is 24.3 Å². The number of hydrogen-bond acceptors (Lipinski definition) is 3. The summed E-state index contributed by atoms with van der Waals surface area (Å²) in [5.41, 5.74) is 1.24. The molecule has 23 heavy (non-hydrogen) atoms. The SMILES string of the molecule is CCOCc1ccc(CNC(=O)c2c(O)cc(F)cc2F)cc1. The lowest BCUT2D eigenvalue weighted by atomic mass is 10.1. The Kier molecular flexibility index (Phi) is 5.65. The highest BCUT2D eigenvalue weighted by Gasteiger charge is 2.18. The fourth-order valence-corrected chi connectivity index (χ4v) is 2.03. The lowest BCUT2D eigenvalue weighted by Gasteiger charge is -2.09. The fourth-order valence-electron chi connectivity index (χ4n) is 2.03. The average molecular weight is 321 g/mol. The molecule has 122 valence electrons. The van der Waals surface area contributed by atoms with Crippen LogP contribution in [0.3, 0.4) is 0 Å². The van der Waals surface area contributed by atoms with Gasteiger partial charge in [0.1, 0.15) is 22.9 Å². The van der Waals surface area contributed by atoms with Gasteiger partial charge in [-0.15, -0.1) is 0 Å². The quantitative estimate of drug-likeness (QED) is 0.859. The van der Waals surface area contributed by atoms with Crippen molar-refractivity contribution in [3.8, 4) is 5.75 Å². The van der Waals surface area contributed by atoms with Crippen LogP contribution in [0.5, 0.6) is 5.75 Å². The molecule has 6 heteroatoms. The first-order valence-electron chi connectivity index (χ1n) is 7.13. The highest BCUT2D eigenvalue weighted by Crippen LogP contribution is 2.22. The van der Waals surface area contributed by atoms with Gasteiger partial charge in [0.25, 0.3) is 5.91 Å². The molecule has 0 unspecified atom stereocenters. The maximum atomic E-state index is 13.6. The van der Waals surface area contributed by atoms with Crippen LogP contribution in [-0.4, -0.2) is 17.6 Å². The smallest absolute Gasteiger partial charge is 0.258 e. The Morgan fingerprint density at radius 2 is 1.83 bits per heavy atom. The van der Waals surface area contributed by atoms with E-state index in [9.17, 15) is 18.7 Å². The summed E-state index contributed by atoms with van der Waals surface area (Å²) in [6.45, 7) is 3.21. The van der Waals surface area contributed by atoms with Gasteiger partial charge in [-0.25, -0.2) is 8.78 Å². The highest BCUT2D eigenvalue weighted by atomic mass is 19.1. The van der Waals surface area contributed by atoms with Gasteiger partial charge in [0.2, 0.25) is 0 Å². The molecular formula is C17H17F2NO3. The van der Waals surface area contributed by atoms with Crippen LogP contribution in [0.1, 0.15) is 28.4 Å². The van der Waals surface area contributed by atoms with Crippen molar-refractivity contribution in [2.45, 2.75) is 20.1 Å². The molecule has 0 aliphatic heterocycles. The number of amides is 1. The number of hydrogen-bond donors (Lipinski definition) is 2. The normalized spacial score (nSPS) is 10.6. The van der Waals surface area contributed by atoms with Crippen molar-refractivity contribution in [2.24, 2.45) is 0 Å². The van der Waals surface area contributed by atoms with E-state index >= 15 is 0 Å². The van der Waals surface area contributed by atoms with Crippen molar-refractivity contribution >= 4 is 5.91 Å². The summed E-state index contributed by atoms with van der Waals surface area (Å²) in [5, 5.41) is 12.0. The Balaban J connectivity index is 1.99. The molecule has 2 aromatic carbocycles. The molecule has 0 saturated heterocycles. The topological polar surface area (TPSA) is 58.6 Å². The monoisotopic (exact) mass is 321 g/mol. The first-order chi connectivity index (χ1) is 11.0. The summed E-state index contributed by atoms with van der Waals surface area (Å²) in [6, 6.07) is 8.61. The van der Waals surface area contributed by atoms with E-state index in [1.807, 2.05) is 31.2 Å². The third kappa shape index (κ3) is 4.50. The molecule has 0 spiro atoms. The zero-order valence-corrected chi connectivity index (χ0v) is 12.6. The van der Waals surface area contributed by atoms with Crippen LogP contribution >= 0.6 is 0 Å². The minimum Gasteiger partial charge on any atom is -0.507 e. The van der Waals surface area contributed by atoms with Crippen LogP contribution in [-0.2, 0) is 17.9 Å². The molecule has 0 aliphatic carbocycles. The number of rotatable bonds is 6. The van der Waals surface area contributed by atoms with Crippen molar-refractivity contribution < 1.29 is 23.4 Å². The summed E-state index contributed by atoms with van der Waals surface area (Å²) in [7, 11) is 0. The van der Waals surface area contributed by atoms with Gasteiger partial charge in [-0.05, 0) is 18.1 Å². The number of aromatic hydroxyl groups is 1. The van der Waals surface area contributed by atoms with Crippen molar-refractivity contribution in [3.05, 3.63) is 64.7 Å². The summed E-state index contributed by atoms with van der Waals surface area (Å²) >= 11 is 0. The number of benzene rings is 2. The van der Waals surface area contributed by atoms with E-state index in [0.717, 1.165) is 11.1 Å².